The van der Waals surface area contributed by atoms with Gasteiger partial charge in [-0.05, 0) is 86.3 Å². The number of unbranched alkanes of at least 4 members (excludes halogenated alkanes) is 4. The quantitative estimate of drug-likeness (QED) is 0.206. The third-order valence-electron chi connectivity index (χ3n) is 6.72. The fourth-order valence-corrected chi connectivity index (χ4v) is 4.80. The third kappa shape index (κ3) is 6.43. The fraction of sp³-hybridized carbons (Fsp3) is 0.552. The molecule has 2 nitrogen and oxygen atoms in total. The molecular formula is C29H41FO2. The highest BCUT2D eigenvalue weighted by atomic mass is 19.1. The smallest absolute Gasteiger partial charge is 0.338 e. The molecule has 176 valence electrons. The number of allylic oxidation sites excluding steroid dienone is 4. The molecule has 32 heavy (non-hydrogen) atoms. The Labute approximate surface area is 194 Å². The Morgan fingerprint density at radius 3 is 2.47 bits per heavy atom. The molecule has 0 unspecified atom stereocenters. The summed E-state index contributed by atoms with van der Waals surface area (Å²) in [5.74, 6) is -0.615. The second-order valence-electron chi connectivity index (χ2n) is 9.89. The molecule has 3 heteroatoms. The lowest BCUT2D eigenvalue weighted by Crippen LogP contribution is -2.22. The van der Waals surface area contributed by atoms with Gasteiger partial charge in [0.15, 0.2) is 0 Å². The van der Waals surface area contributed by atoms with Gasteiger partial charge in [-0.25, -0.2) is 9.18 Å². The molecule has 0 saturated carbocycles. The summed E-state index contributed by atoms with van der Waals surface area (Å²) in [6.07, 6.45) is 8.83. The molecule has 1 aliphatic rings. The molecule has 0 radical (unpaired) electrons. The van der Waals surface area contributed by atoms with Crippen LogP contribution in [0, 0.1) is 12.3 Å². The van der Waals surface area contributed by atoms with Crippen LogP contribution < -0.4 is 0 Å². The molecule has 0 N–H and O–H groups in total. The molecule has 1 aromatic rings. The maximum Gasteiger partial charge on any atom is 0.338 e. The van der Waals surface area contributed by atoms with Gasteiger partial charge in [0.2, 0.25) is 0 Å². The lowest BCUT2D eigenvalue weighted by Gasteiger charge is -2.36. The van der Waals surface area contributed by atoms with Crippen molar-refractivity contribution in [2.45, 2.75) is 92.9 Å². The summed E-state index contributed by atoms with van der Waals surface area (Å²) in [7, 11) is 0. The third-order valence-corrected chi connectivity index (χ3v) is 6.72. The second kappa shape index (κ2) is 11.6. The van der Waals surface area contributed by atoms with Gasteiger partial charge >= 0.3 is 5.97 Å². The first-order valence-electron chi connectivity index (χ1n) is 12.1. The van der Waals surface area contributed by atoms with E-state index in [1.807, 2.05) is 13.8 Å². The number of hydrogen-bond donors (Lipinski definition) is 0. The highest BCUT2D eigenvalue weighted by molar-refractivity contribution is 5.90. The number of halogens is 1. The van der Waals surface area contributed by atoms with Gasteiger partial charge in [-0.2, -0.15) is 0 Å². The molecule has 0 saturated heterocycles. The Morgan fingerprint density at radius 2 is 1.84 bits per heavy atom. The normalized spacial score (nSPS) is 16.6. The van der Waals surface area contributed by atoms with Crippen molar-refractivity contribution in [3.8, 4) is 0 Å². The van der Waals surface area contributed by atoms with Crippen LogP contribution in [0.5, 0.6) is 0 Å². The summed E-state index contributed by atoms with van der Waals surface area (Å²) in [5.41, 5.74) is 5.55. The maximum atomic E-state index is 15.5. The van der Waals surface area contributed by atoms with Gasteiger partial charge in [-0.1, -0.05) is 64.7 Å². The van der Waals surface area contributed by atoms with Crippen molar-refractivity contribution in [1.82, 2.24) is 0 Å². The molecule has 0 heterocycles. The topological polar surface area (TPSA) is 26.3 Å². The number of esters is 1. The lowest BCUT2D eigenvalue weighted by atomic mass is 9.69. The first kappa shape index (κ1) is 26.1. The minimum Gasteiger partial charge on any atom is -0.462 e. The first-order valence-corrected chi connectivity index (χ1v) is 12.1. The van der Waals surface area contributed by atoms with Crippen molar-refractivity contribution in [2.75, 3.05) is 6.61 Å². The van der Waals surface area contributed by atoms with Crippen LogP contribution in [0.15, 0.2) is 47.1 Å². The molecule has 0 aliphatic heterocycles. The van der Waals surface area contributed by atoms with E-state index in [-0.39, 0.29) is 17.2 Å². The standard InChI is InChI=1S/C29H41FO2/c1-8-9-10-11-12-18-32-28(31)24-15-16-25(21(3)19-24)27(30)23(5)22(4)26-20(2)14-13-17-29(26,6)7/h15-16,19H,4,8-14,17-18H2,1-3,5-7H3. The van der Waals surface area contributed by atoms with Gasteiger partial charge < -0.3 is 4.74 Å². The zero-order valence-corrected chi connectivity index (χ0v) is 21.0. The molecule has 0 fully saturated rings. The van der Waals surface area contributed by atoms with Gasteiger partial charge in [0.05, 0.1) is 12.2 Å². The van der Waals surface area contributed by atoms with Gasteiger partial charge in [0.25, 0.3) is 0 Å². The summed E-state index contributed by atoms with van der Waals surface area (Å²) in [5, 5.41) is 0. The Hall–Kier alpha value is -2.16. The average molecular weight is 441 g/mol. The van der Waals surface area contributed by atoms with E-state index in [0.29, 0.717) is 23.3 Å². The number of carbonyl (C=O) groups is 1. The van der Waals surface area contributed by atoms with E-state index >= 15 is 4.39 Å². The Balaban J connectivity index is 2.15. The van der Waals surface area contributed by atoms with Gasteiger partial charge in [0.1, 0.15) is 5.83 Å². The summed E-state index contributed by atoms with van der Waals surface area (Å²) < 4.78 is 20.9. The highest BCUT2D eigenvalue weighted by Gasteiger charge is 2.31. The minimum absolute atomic E-state index is 0.000155. The average Bonchev–Trinajstić information content (AvgIpc) is 2.74. The van der Waals surface area contributed by atoms with E-state index < -0.39 is 0 Å². The van der Waals surface area contributed by atoms with E-state index in [9.17, 15) is 4.79 Å². The lowest BCUT2D eigenvalue weighted by molar-refractivity contribution is 0.0497. The summed E-state index contributed by atoms with van der Waals surface area (Å²) in [4.78, 5) is 12.4. The van der Waals surface area contributed by atoms with E-state index in [1.54, 1.807) is 18.2 Å². The fourth-order valence-electron chi connectivity index (χ4n) is 4.80. The van der Waals surface area contributed by atoms with Crippen molar-refractivity contribution in [1.29, 1.82) is 0 Å². The largest absolute Gasteiger partial charge is 0.462 e. The predicted octanol–water partition coefficient (Wildman–Crippen LogP) is 8.91. The predicted molar refractivity (Wildman–Crippen MR) is 133 cm³/mol. The van der Waals surface area contributed by atoms with Crippen molar-refractivity contribution in [3.05, 3.63) is 63.8 Å². The van der Waals surface area contributed by atoms with Crippen LogP contribution in [0.4, 0.5) is 4.39 Å². The van der Waals surface area contributed by atoms with Gasteiger partial charge in [0, 0.05) is 5.56 Å². The van der Waals surface area contributed by atoms with E-state index in [1.165, 1.54) is 30.4 Å². The maximum absolute atomic E-state index is 15.5. The zero-order valence-electron chi connectivity index (χ0n) is 21.0. The van der Waals surface area contributed by atoms with Crippen LogP contribution in [-0.4, -0.2) is 12.6 Å². The van der Waals surface area contributed by atoms with Crippen LogP contribution in [0.25, 0.3) is 5.83 Å². The molecule has 0 bridgehead atoms. The van der Waals surface area contributed by atoms with E-state index in [2.05, 4.69) is 34.3 Å². The first-order chi connectivity index (χ1) is 15.1. The summed E-state index contributed by atoms with van der Waals surface area (Å²) >= 11 is 0. The number of rotatable bonds is 10. The van der Waals surface area contributed by atoms with Gasteiger partial charge in [-0.15, -0.1) is 0 Å². The SMILES string of the molecule is C=C(C(C)=C(F)c1ccc(C(=O)OCCCCCCC)cc1C)C1=C(C)CCCC1(C)C. The summed E-state index contributed by atoms with van der Waals surface area (Å²) in [6.45, 7) is 17.1. The number of benzene rings is 1. The second-order valence-corrected chi connectivity index (χ2v) is 9.89. The van der Waals surface area contributed by atoms with Crippen molar-refractivity contribution >= 4 is 11.8 Å². The number of hydrogen-bond acceptors (Lipinski definition) is 2. The molecular weight excluding hydrogens is 399 g/mol. The molecule has 0 atom stereocenters. The van der Waals surface area contributed by atoms with Crippen LogP contribution >= 0.6 is 0 Å². The van der Waals surface area contributed by atoms with Crippen LogP contribution in [0.1, 0.15) is 107 Å². The number of ether oxygens (including phenoxy) is 1. The number of carbonyl (C=O) groups excluding carboxylic acids is 1. The van der Waals surface area contributed by atoms with Crippen molar-refractivity contribution in [2.24, 2.45) is 5.41 Å². The van der Waals surface area contributed by atoms with E-state index in [0.717, 1.165) is 43.2 Å². The Bertz CT molecular complexity index is 902. The zero-order chi connectivity index (χ0) is 23.9. The van der Waals surface area contributed by atoms with Crippen LogP contribution in [0.2, 0.25) is 0 Å². The minimum atomic E-state index is -0.342. The molecule has 0 spiro atoms. The number of aryl methyl sites for hydroxylation is 1. The van der Waals surface area contributed by atoms with Crippen LogP contribution in [-0.2, 0) is 4.74 Å². The highest BCUT2D eigenvalue weighted by Crippen LogP contribution is 2.46. The molecule has 2 rings (SSSR count). The monoisotopic (exact) mass is 440 g/mol. The van der Waals surface area contributed by atoms with Crippen LogP contribution in [0.3, 0.4) is 0 Å². The van der Waals surface area contributed by atoms with Gasteiger partial charge in [-0.3, -0.25) is 0 Å². The van der Waals surface area contributed by atoms with Crippen molar-refractivity contribution < 1.29 is 13.9 Å². The Morgan fingerprint density at radius 1 is 1.16 bits per heavy atom. The molecule has 1 aromatic carbocycles. The van der Waals surface area contributed by atoms with E-state index in [4.69, 9.17) is 4.74 Å². The molecule has 0 aromatic heterocycles. The Kier molecular flexibility index (Phi) is 9.48. The molecule has 1 aliphatic carbocycles. The van der Waals surface area contributed by atoms with Crippen molar-refractivity contribution in [3.63, 3.8) is 0 Å². The molecule has 0 amide bonds. The summed E-state index contributed by atoms with van der Waals surface area (Å²) in [6, 6.07) is 5.07.